The van der Waals surface area contributed by atoms with Crippen molar-refractivity contribution < 1.29 is 28.2 Å². The maximum atomic E-state index is 14.0. The molecule has 1 saturated carbocycles. The Balaban J connectivity index is 1.19. The van der Waals surface area contributed by atoms with Crippen molar-refractivity contribution in [3.8, 4) is 5.75 Å². The fourth-order valence-electron chi connectivity index (χ4n) is 4.77. The van der Waals surface area contributed by atoms with Crippen LogP contribution in [-0.2, 0) is 22.6 Å². The van der Waals surface area contributed by atoms with Crippen LogP contribution in [0, 0.1) is 29.4 Å². The molecular formula is C24H29F2N3O4. The molecule has 0 spiro atoms. The van der Waals surface area contributed by atoms with Gasteiger partial charge in [0.05, 0.1) is 19.6 Å². The molecule has 1 saturated heterocycles. The van der Waals surface area contributed by atoms with E-state index in [0.717, 1.165) is 62.4 Å². The molecule has 2 aromatic rings. The Labute approximate surface area is 191 Å². The highest BCUT2D eigenvalue weighted by Gasteiger charge is 2.43. The SMILES string of the molecule is COCc1cnc(N2CCC([C@H]3C[C@@H]3CCOc3cc(F)c(CC(=O)O)c(F)c3)CC2)nc1. The van der Waals surface area contributed by atoms with E-state index in [0.29, 0.717) is 31.0 Å². The number of carboxylic acids is 1. The summed E-state index contributed by atoms with van der Waals surface area (Å²) in [6, 6.07) is 2.12. The zero-order chi connectivity index (χ0) is 23.4. The van der Waals surface area contributed by atoms with Crippen LogP contribution in [0.1, 0.15) is 36.8 Å². The normalized spacial score (nSPS) is 20.6. The van der Waals surface area contributed by atoms with Crippen LogP contribution in [0.5, 0.6) is 5.75 Å². The van der Waals surface area contributed by atoms with E-state index >= 15 is 0 Å². The Morgan fingerprint density at radius 1 is 1.18 bits per heavy atom. The minimum atomic E-state index is -1.28. The fourth-order valence-corrected chi connectivity index (χ4v) is 4.77. The number of nitrogens with zero attached hydrogens (tertiary/aromatic N) is 3. The van der Waals surface area contributed by atoms with Crippen LogP contribution in [0.4, 0.5) is 14.7 Å². The zero-order valence-corrected chi connectivity index (χ0v) is 18.7. The van der Waals surface area contributed by atoms with E-state index in [1.165, 1.54) is 0 Å². The lowest BCUT2D eigenvalue weighted by Crippen LogP contribution is -2.35. The average Bonchev–Trinajstić information content (AvgIpc) is 3.57. The predicted octanol–water partition coefficient (Wildman–Crippen LogP) is 3.85. The summed E-state index contributed by atoms with van der Waals surface area (Å²) in [7, 11) is 1.65. The van der Waals surface area contributed by atoms with Crippen molar-refractivity contribution >= 4 is 11.9 Å². The number of rotatable bonds is 10. The summed E-state index contributed by atoms with van der Waals surface area (Å²) in [5.74, 6) is -0.270. The third-order valence-corrected chi connectivity index (χ3v) is 6.61. The number of piperidine rings is 1. The summed E-state index contributed by atoms with van der Waals surface area (Å²) in [6.07, 6.45) is 7.15. The molecule has 1 aliphatic carbocycles. The van der Waals surface area contributed by atoms with Gasteiger partial charge in [0.2, 0.25) is 5.95 Å². The topological polar surface area (TPSA) is 84.8 Å². The van der Waals surface area contributed by atoms with Gasteiger partial charge in [-0.1, -0.05) is 0 Å². The van der Waals surface area contributed by atoms with Gasteiger partial charge < -0.3 is 19.5 Å². The first-order valence-corrected chi connectivity index (χ1v) is 11.3. The van der Waals surface area contributed by atoms with E-state index < -0.39 is 29.6 Å². The molecule has 0 unspecified atom stereocenters. The van der Waals surface area contributed by atoms with Crippen molar-refractivity contribution in [3.63, 3.8) is 0 Å². The van der Waals surface area contributed by atoms with Crippen molar-refractivity contribution in [2.24, 2.45) is 17.8 Å². The monoisotopic (exact) mass is 461 g/mol. The van der Waals surface area contributed by atoms with Crippen LogP contribution in [0.15, 0.2) is 24.5 Å². The quantitative estimate of drug-likeness (QED) is 0.575. The van der Waals surface area contributed by atoms with E-state index in [1.54, 1.807) is 7.11 Å². The largest absolute Gasteiger partial charge is 0.493 e. The molecule has 7 nitrogen and oxygen atoms in total. The number of hydrogen-bond donors (Lipinski definition) is 1. The first kappa shape index (κ1) is 23.4. The maximum Gasteiger partial charge on any atom is 0.308 e. The van der Waals surface area contributed by atoms with Crippen molar-refractivity contribution in [2.45, 2.75) is 38.7 Å². The van der Waals surface area contributed by atoms with Crippen molar-refractivity contribution in [2.75, 3.05) is 31.7 Å². The number of aliphatic carboxylic acids is 1. The number of methoxy groups -OCH3 is 1. The lowest BCUT2D eigenvalue weighted by atomic mass is 9.90. The van der Waals surface area contributed by atoms with Crippen LogP contribution in [0.3, 0.4) is 0 Å². The number of halogens is 2. The summed E-state index contributed by atoms with van der Waals surface area (Å²) < 4.78 is 38.6. The second-order valence-electron chi connectivity index (χ2n) is 8.88. The van der Waals surface area contributed by atoms with Gasteiger partial charge in [-0.15, -0.1) is 0 Å². The Kier molecular flexibility index (Phi) is 7.37. The van der Waals surface area contributed by atoms with Gasteiger partial charge in [0.1, 0.15) is 17.4 Å². The summed E-state index contributed by atoms with van der Waals surface area (Å²) in [6.45, 7) is 2.78. The van der Waals surface area contributed by atoms with E-state index in [9.17, 15) is 13.6 Å². The molecule has 2 fully saturated rings. The van der Waals surface area contributed by atoms with Crippen LogP contribution in [0.25, 0.3) is 0 Å². The van der Waals surface area contributed by atoms with Crippen LogP contribution >= 0.6 is 0 Å². The van der Waals surface area contributed by atoms with Crippen molar-refractivity contribution in [3.05, 3.63) is 47.3 Å². The highest BCUT2D eigenvalue weighted by Crippen LogP contribution is 2.49. The van der Waals surface area contributed by atoms with Crippen LogP contribution in [0.2, 0.25) is 0 Å². The van der Waals surface area contributed by atoms with Crippen LogP contribution in [-0.4, -0.2) is 47.8 Å². The molecule has 9 heteroatoms. The first-order valence-electron chi connectivity index (χ1n) is 11.3. The van der Waals surface area contributed by atoms with Gasteiger partial charge in [0.25, 0.3) is 0 Å². The molecule has 0 amide bonds. The standard InChI is InChI=1S/C24H29F2N3O4/c1-32-14-15-12-27-24(28-13-15)29-5-2-16(3-6-29)19-8-17(19)4-7-33-18-9-21(25)20(11-23(30)31)22(26)10-18/h9-10,12-13,16-17,19H,2-8,11,14H2,1H3,(H,30,31)/t17-,19+/m0/s1. The molecular weight excluding hydrogens is 432 g/mol. The van der Waals surface area contributed by atoms with Crippen molar-refractivity contribution in [1.29, 1.82) is 0 Å². The number of aromatic nitrogens is 2. The molecule has 1 aromatic carbocycles. The fraction of sp³-hybridized carbons (Fsp3) is 0.542. The van der Waals surface area contributed by atoms with E-state index in [4.69, 9.17) is 14.6 Å². The molecule has 2 aliphatic rings. The van der Waals surface area contributed by atoms with Gasteiger partial charge >= 0.3 is 5.97 Å². The number of carbonyl (C=O) groups is 1. The van der Waals surface area contributed by atoms with Crippen LogP contribution < -0.4 is 9.64 Å². The highest BCUT2D eigenvalue weighted by atomic mass is 19.1. The molecule has 178 valence electrons. The number of benzene rings is 1. The van der Waals surface area contributed by atoms with E-state index in [2.05, 4.69) is 14.9 Å². The number of ether oxygens (including phenoxy) is 2. The molecule has 0 radical (unpaired) electrons. The number of hydrogen-bond acceptors (Lipinski definition) is 6. The highest BCUT2D eigenvalue weighted by molar-refractivity contribution is 5.70. The Morgan fingerprint density at radius 3 is 2.45 bits per heavy atom. The molecule has 2 atom stereocenters. The van der Waals surface area contributed by atoms with E-state index in [-0.39, 0.29) is 5.75 Å². The van der Waals surface area contributed by atoms with E-state index in [1.807, 2.05) is 12.4 Å². The van der Waals surface area contributed by atoms with Crippen molar-refractivity contribution in [1.82, 2.24) is 9.97 Å². The number of anilines is 1. The maximum absolute atomic E-state index is 14.0. The minimum absolute atomic E-state index is 0.0983. The third kappa shape index (κ3) is 5.96. The summed E-state index contributed by atoms with van der Waals surface area (Å²) in [5.41, 5.74) is 0.514. The summed E-state index contributed by atoms with van der Waals surface area (Å²) in [4.78, 5) is 21.9. The number of carboxylic acid groups (broad SMARTS) is 1. The van der Waals surface area contributed by atoms with Gasteiger partial charge in [0, 0.05) is 55.9 Å². The molecule has 33 heavy (non-hydrogen) atoms. The lowest BCUT2D eigenvalue weighted by molar-refractivity contribution is -0.136. The second-order valence-corrected chi connectivity index (χ2v) is 8.88. The zero-order valence-electron chi connectivity index (χ0n) is 18.7. The smallest absolute Gasteiger partial charge is 0.308 e. The lowest BCUT2D eigenvalue weighted by Gasteiger charge is -2.32. The van der Waals surface area contributed by atoms with Gasteiger partial charge in [-0.25, -0.2) is 18.7 Å². The second kappa shape index (κ2) is 10.4. The average molecular weight is 462 g/mol. The third-order valence-electron chi connectivity index (χ3n) is 6.61. The molecule has 1 N–H and O–H groups in total. The Hall–Kier alpha value is -2.81. The molecule has 0 bridgehead atoms. The van der Waals surface area contributed by atoms with Gasteiger partial charge in [-0.2, -0.15) is 0 Å². The molecule has 1 aromatic heterocycles. The molecule has 4 rings (SSSR count). The van der Waals surface area contributed by atoms with Gasteiger partial charge in [0.15, 0.2) is 0 Å². The Morgan fingerprint density at radius 2 is 1.85 bits per heavy atom. The van der Waals surface area contributed by atoms with Gasteiger partial charge in [-0.05, 0) is 43.4 Å². The Bertz CT molecular complexity index is 942. The summed E-state index contributed by atoms with van der Waals surface area (Å²) in [5, 5.41) is 8.75. The predicted molar refractivity (Wildman–Crippen MR) is 117 cm³/mol. The summed E-state index contributed by atoms with van der Waals surface area (Å²) >= 11 is 0. The molecule has 2 heterocycles. The minimum Gasteiger partial charge on any atom is -0.493 e. The first-order chi connectivity index (χ1) is 15.9. The van der Waals surface area contributed by atoms with Gasteiger partial charge in [-0.3, -0.25) is 4.79 Å². The molecule has 1 aliphatic heterocycles.